The van der Waals surface area contributed by atoms with Gasteiger partial charge in [-0.25, -0.2) is 0 Å². The third-order valence-corrected chi connectivity index (χ3v) is 6.11. The minimum absolute atomic E-state index is 0. The van der Waals surface area contributed by atoms with Crippen molar-refractivity contribution >= 4 is 18.2 Å². The molecule has 0 unspecified atom stereocenters. The van der Waals surface area contributed by atoms with E-state index in [1.54, 1.807) is 11.0 Å². The van der Waals surface area contributed by atoms with Gasteiger partial charge in [0.25, 0.3) is 0 Å². The summed E-state index contributed by atoms with van der Waals surface area (Å²) in [5.74, 6) is 0.708. The first kappa shape index (κ1) is 11.3. The van der Waals surface area contributed by atoms with E-state index in [0.29, 0.717) is 38.0 Å². The highest BCUT2D eigenvalue weighted by atomic mass is 35.5. The van der Waals surface area contributed by atoms with Crippen LogP contribution in [-0.2, 0) is 16.6 Å². The Labute approximate surface area is 140 Å². The highest BCUT2D eigenvalue weighted by Crippen LogP contribution is 2.62. The van der Waals surface area contributed by atoms with E-state index in [1.165, 1.54) is 0 Å². The number of ketones is 1. The number of aromatic hydroxyl groups is 1. The summed E-state index contributed by atoms with van der Waals surface area (Å²) in [7, 11) is 0. The van der Waals surface area contributed by atoms with Crippen molar-refractivity contribution in [3.63, 3.8) is 0 Å². The molecule has 0 amide bonds. The van der Waals surface area contributed by atoms with Crippen molar-refractivity contribution in [2.24, 2.45) is 5.92 Å². The SMILES string of the molecule is Cl.[2H][13C]([2H])([2H])N1CC[C@]23c4c5ccc(O)c4O[C@H]2C(=O)CC[C@H]3[C@H]1C5. The molecule has 2 fully saturated rings. The molecule has 2 aliphatic carbocycles. The lowest BCUT2D eigenvalue weighted by molar-refractivity contribution is -0.138. The number of hydrogen-bond acceptors (Lipinski definition) is 4. The molecule has 2 aliphatic heterocycles. The third kappa shape index (κ3) is 1.41. The normalized spacial score (nSPS) is 40.6. The first-order valence-electron chi connectivity index (χ1n) is 9.15. The molecule has 5 rings (SSSR count). The van der Waals surface area contributed by atoms with E-state index in [1.807, 2.05) is 6.07 Å². The van der Waals surface area contributed by atoms with E-state index in [0.717, 1.165) is 11.1 Å². The Balaban J connectivity index is 0.00000157. The zero-order chi connectivity index (χ0) is 16.9. The first-order valence-corrected chi connectivity index (χ1v) is 7.65. The van der Waals surface area contributed by atoms with Gasteiger partial charge in [-0.2, -0.15) is 0 Å². The summed E-state index contributed by atoms with van der Waals surface area (Å²) in [5, 5.41) is 10.2. The minimum atomic E-state index is -2.13. The number of carbonyl (C=O) groups is 1. The first-order chi connectivity index (χ1) is 11.3. The van der Waals surface area contributed by atoms with Crippen molar-refractivity contribution in [3.8, 4) is 11.5 Å². The largest absolute Gasteiger partial charge is 0.504 e. The second-order valence-electron chi connectivity index (χ2n) is 6.81. The molecule has 2 heterocycles. The number of likely N-dealkylation sites (N-methyl/N-ethyl adjacent to an activating group) is 1. The predicted molar refractivity (Wildman–Crippen MR) is 83.9 cm³/mol. The third-order valence-electron chi connectivity index (χ3n) is 6.11. The van der Waals surface area contributed by atoms with Crippen molar-refractivity contribution < 1.29 is 18.8 Å². The maximum absolute atomic E-state index is 12.6. The average molecular weight is 326 g/mol. The molecule has 1 spiro atoms. The Hall–Kier alpha value is -1.26. The van der Waals surface area contributed by atoms with Crippen LogP contribution in [0.1, 0.15) is 34.5 Å². The molecule has 118 valence electrons. The fraction of sp³-hybridized carbons (Fsp3) is 0.588. The van der Waals surface area contributed by atoms with Gasteiger partial charge in [-0.15, -0.1) is 12.4 Å². The van der Waals surface area contributed by atoms with Crippen LogP contribution in [-0.4, -0.2) is 41.5 Å². The van der Waals surface area contributed by atoms with E-state index in [-0.39, 0.29) is 35.9 Å². The smallest absolute Gasteiger partial charge is 0.174 e. The van der Waals surface area contributed by atoms with Gasteiger partial charge in [0, 0.05) is 27.6 Å². The molecule has 1 saturated heterocycles. The summed E-state index contributed by atoms with van der Waals surface area (Å²) in [5.41, 5.74) is 1.55. The molecular weight excluding hydrogens is 303 g/mol. The fourth-order valence-corrected chi connectivity index (χ4v) is 5.33. The zero-order valence-electron chi connectivity index (χ0n) is 15.0. The number of ether oxygens (including phenoxy) is 1. The predicted octanol–water partition coefficient (Wildman–Crippen LogP) is 2.05. The molecule has 4 aliphatic rings. The van der Waals surface area contributed by atoms with Crippen molar-refractivity contribution in [2.75, 3.05) is 13.5 Å². The van der Waals surface area contributed by atoms with E-state index in [4.69, 9.17) is 8.85 Å². The van der Waals surface area contributed by atoms with Crippen LogP contribution in [0.2, 0.25) is 0 Å². The van der Waals surface area contributed by atoms with Gasteiger partial charge in [0.1, 0.15) is 0 Å². The molecular formula is C17H20ClNO3. The van der Waals surface area contributed by atoms with Gasteiger partial charge in [-0.1, -0.05) is 6.07 Å². The second-order valence-corrected chi connectivity index (χ2v) is 6.81. The lowest BCUT2D eigenvalue weighted by atomic mass is 9.52. The number of Topliss-reactive ketones (excluding diaryl/α,β-unsaturated/α-hetero) is 1. The van der Waals surface area contributed by atoms with Crippen LogP contribution in [0, 0.1) is 5.92 Å². The van der Waals surface area contributed by atoms with Gasteiger partial charge in [0.05, 0.1) is 0 Å². The standard InChI is InChI=1S/C17H19NO3.ClH/c1-18-7-6-17-10-3-5-13(20)16(17)21-15-12(19)4-2-9(14(15)17)8-11(10)18;/h2,4,10-11,16,19H,3,5-8H2,1H3;1H/t10-,11+,16-,17-;/m0./s1/i1+1D3;. The molecule has 0 radical (unpaired) electrons. The monoisotopic (exact) mass is 325 g/mol. The van der Waals surface area contributed by atoms with Crippen LogP contribution in [0.3, 0.4) is 0 Å². The Morgan fingerprint density at radius 2 is 2.36 bits per heavy atom. The van der Waals surface area contributed by atoms with Crippen molar-refractivity contribution in [1.82, 2.24) is 4.90 Å². The maximum Gasteiger partial charge on any atom is 0.174 e. The number of rotatable bonds is 0. The summed E-state index contributed by atoms with van der Waals surface area (Å²) >= 11 is 0. The fourth-order valence-electron chi connectivity index (χ4n) is 5.33. The van der Waals surface area contributed by atoms with Crippen molar-refractivity contribution in [3.05, 3.63) is 23.3 Å². The van der Waals surface area contributed by atoms with E-state index in [9.17, 15) is 9.90 Å². The highest BCUT2D eigenvalue weighted by molar-refractivity contribution is 5.89. The number of hydrogen-bond donors (Lipinski definition) is 1. The molecule has 1 aromatic rings. The summed E-state index contributed by atoms with van der Waals surface area (Å²) in [6.07, 6.45) is 1.78. The minimum Gasteiger partial charge on any atom is -0.504 e. The molecule has 1 saturated carbocycles. The topological polar surface area (TPSA) is 49.8 Å². The Morgan fingerprint density at radius 3 is 3.18 bits per heavy atom. The number of halogens is 1. The molecule has 5 heteroatoms. The number of benzene rings is 1. The summed E-state index contributed by atoms with van der Waals surface area (Å²) < 4.78 is 29.7. The molecule has 0 aromatic heterocycles. The molecule has 22 heavy (non-hydrogen) atoms. The van der Waals surface area contributed by atoms with Gasteiger partial charge < -0.3 is 14.7 Å². The molecule has 4 atom stereocenters. The maximum atomic E-state index is 12.6. The summed E-state index contributed by atoms with van der Waals surface area (Å²) in [6, 6.07) is 3.36. The number of phenolic OH excluding ortho intramolecular Hbond substituents is 1. The zero-order valence-corrected chi connectivity index (χ0v) is 12.9. The summed E-state index contributed by atoms with van der Waals surface area (Å²) in [4.78, 5) is 14.2. The molecule has 4 nitrogen and oxygen atoms in total. The van der Waals surface area contributed by atoms with Gasteiger partial charge >= 0.3 is 0 Å². The number of piperidine rings is 1. The number of nitrogens with zero attached hydrogens (tertiary/aromatic N) is 1. The van der Waals surface area contributed by atoms with Crippen LogP contribution < -0.4 is 4.74 Å². The highest BCUT2D eigenvalue weighted by Gasteiger charge is 2.65. The lowest BCUT2D eigenvalue weighted by Gasteiger charge is -2.57. The van der Waals surface area contributed by atoms with E-state index in [2.05, 4.69) is 0 Å². The van der Waals surface area contributed by atoms with Crippen LogP contribution in [0.5, 0.6) is 11.5 Å². The van der Waals surface area contributed by atoms with E-state index >= 15 is 0 Å². The molecule has 1 aromatic carbocycles. The van der Waals surface area contributed by atoms with E-state index < -0.39 is 18.5 Å². The van der Waals surface area contributed by atoms with Crippen LogP contribution in [0.25, 0.3) is 0 Å². The number of likely N-dealkylation sites (tertiary alicyclic amines) is 1. The molecule has 2 bridgehead atoms. The second kappa shape index (κ2) is 4.39. The van der Waals surface area contributed by atoms with Gasteiger partial charge in [-0.3, -0.25) is 4.79 Å². The number of phenols is 1. The Bertz CT molecular complexity index is 768. The Kier molecular flexibility index (Phi) is 2.26. The number of carbonyl (C=O) groups excluding carboxylic acids is 1. The van der Waals surface area contributed by atoms with Gasteiger partial charge in [0.15, 0.2) is 23.4 Å². The molecule has 1 N–H and O–H groups in total. The van der Waals surface area contributed by atoms with Crippen LogP contribution in [0.15, 0.2) is 12.1 Å². The average Bonchev–Trinajstić information content (AvgIpc) is 2.85. The van der Waals surface area contributed by atoms with Crippen LogP contribution >= 0.6 is 12.4 Å². The lowest BCUT2D eigenvalue weighted by Crippen LogP contribution is -2.65. The van der Waals surface area contributed by atoms with Gasteiger partial charge in [0.2, 0.25) is 0 Å². The quantitative estimate of drug-likeness (QED) is 0.742. The van der Waals surface area contributed by atoms with Crippen molar-refractivity contribution in [1.29, 1.82) is 0 Å². The summed E-state index contributed by atoms with van der Waals surface area (Å²) in [6.45, 7) is -1.70. The Morgan fingerprint density at radius 1 is 1.50 bits per heavy atom. The van der Waals surface area contributed by atoms with Crippen LogP contribution in [0.4, 0.5) is 0 Å². The van der Waals surface area contributed by atoms with Gasteiger partial charge in [-0.05, 0) is 50.3 Å². The van der Waals surface area contributed by atoms with Crippen molar-refractivity contribution in [2.45, 2.75) is 43.2 Å².